The number of carboxylic acids is 1. The lowest BCUT2D eigenvalue weighted by Gasteiger charge is -2.40. The van der Waals surface area contributed by atoms with Gasteiger partial charge in [0, 0.05) is 66.9 Å². The van der Waals surface area contributed by atoms with Gasteiger partial charge in [0.05, 0.1) is 11.7 Å². The fraction of sp³-hybridized carbons (Fsp3) is 0.400. The number of sulfonamides is 1. The second-order valence-corrected chi connectivity index (χ2v) is 13.2. The molecule has 42 heavy (non-hydrogen) atoms. The molecule has 4 heterocycles. The van der Waals surface area contributed by atoms with E-state index in [-0.39, 0.29) is 41.9 Å². The Hall–Kier alpha value is -4.06. The Balaban J connectivity index is 1.40. The van der Waals surface area contributed by atoms with E-state index in [4.69, 9.17) is 16.0 Å². The molecule has 17 heteroatoms. The van der Waals surface area contributed by atoms with Gasteiger partial charge in [-0.2, -0.15) is 4.31 Å². The zero-order chi connectivity index (χ0) is 30.2. The minimum absolute atomic E-state index is 0.00691. The van der Waals surface area contributed by atoms with Crippen molar-refractivity contribution in [1.82, 2.24) is 29.4 Å². The summed E-state index contributed by atoms with van der Waals surface area (Å²) in [5.41, 5.74) is 7.37. The number of piperazine rings is 1. The predicted molar refractivity (Wildman–Crippen MR) is 152 cm³/mol. The number of thiazole rings is 1. The maximum absolute atomic E-state index is 13.7. The van der Waals surface area contributed by atoms with Crippen molar-refractivity contribution in [3.8, 4) is 0 Å². The highest BCUT2D eigenvalue weighted by atomic mass is 32.2. The standard InChI is InChI=1S/C25H30N8O7S2/c1-31-5-4-17-19(13-31)41-24(29-17)25(37)33-7-6-32(12-16(33)10-20(34)27-11-22(35)36)42(39,40)21-9-14-2-3-15(23(26)30-38)8-18(14)28-21/h2-3,8-9,16,28,38H,4-7,10-13H2,1H3,(H2,26,30)(H,27,34)(H,35,36). The first-order valence-electron chi connectivity index (χ1n) is 13.0. The Morgan fingerprint density at radius 2 is 2.02 bits per heavy atom. The summed E-state index contributed by atoms with van der Waals surface area (Å²) in [5.74, 6) is -2.38. The number of H-pyrrole nitrogens is 1. The Kier molecular flexibility index (Phi) is 8.18. The largest absolute Gasteiger partial charge is 0.480 e. The second-order valence-electron chi connectivity index (χ2n) is 10.2. The number of oxime groups is 1. The SMILES string of the molecule is CN1CCc2nc(C(=O)N3CCN(S(=O)(=O)c4cc5ccc(C(N)=NO)cc5[nH]4)CC3CC(=O)NCC(=O)O)sc2C1. The van der Waals surface area contributed by atoms with Crippen molar-refractivity contribution in [3.05, 3.63) is 45.4 Å². The van der Waals surface area contributed by atoms with Gasteiger partial charge >= 0.3 is 5.97 Å². The summed E-state index contributed by atoms with van der Waals surface area (Å²) in [6.07, 6.45) is 0.419. The summed E-state index contributed by atoms with van der Waals surface area (Å²) < 4.78 is 28.6. The van der Waals surface area contributed by atoms with E-state index in [9.17, 15) is 22.8 Å². The highest BCUT2D eigenvalue weighted by Crippen LogP contribution is 2.29. The molecule has 224 valence electrons. The van der Waals surface area contributed by atoms with Crippen LogP contribution >= 0.6 is 11.3 Å². The molecule has 15 nitrogen and oxygen atoms in total. The molecule has 6 N–H and O–H groups in total. The van der Waals surface area contributed by atoms with Crippen molar-refractivity contribution in [2.24, 2.45) is 10.9 Å². The molecular formula is C25H30N8O7S2. The molecule has 0 spiro atoms. The van der Waals surface area contributed by atoms with E-state index in [1.807, 2.05) is 7.05 Å². The van der Waals surface area contributed by atoms with Crippen LogP contribution in [0.3, 0.4) is 0 Å². The average molecular weight is 619 g/mol. The molecule has 3 aromatic rings. The monoisotopic (exact) mass is 618 g/mol. The van der Waals surface area contributed by atoms with Gasteiger partial charge in [0.1, 0.15) is 11.6 Å². The molecule has 2 aromatic heterocycles. The predicted octanol–water partition coefficient (Wildman–Crippen LogP) is -0.187. The normalized spacial score (nSPS) is 18.6. The maximum Gasteiger partial charge on any atom is 0.322 e. The van der Waals surface area contributed by atoms with Gasteiger partial charge in [0.2, 0.25) is 5.91 Å². The summed E-state index contributed by atoms with van der Waals surface area (Å²) >= 11 is 1.29. The Labute approximate surface area is 244 Å². The number of amidine groups is 1. The molecule has 0 bridgehead atoms. The van der Waals surface area contributed by atoms with E-state index in [0.29, 0.717) is 29.4 Å². The Morgan fingerprint density at radius 1 is 1.24 bits per heavy atom. The van der Waals surface area contributed by atoms with E-state index in [2.05, 4.69) is 25.3 Å². The number of nitrogens with two attached hydrogens (primary N) is 1. The van der Waals surface area contributed by atoms with Gasteiger partial charge in [-0.1, -0.05) is 17.3 Å². The van der Waals surface area contributed by atoms with Crippen LogP contribution in [0.5, 0.6) is 0 Å². The molecule has 5 rings (SSSR count). The number of likely N-dealkylation sites (N-methyl/N-ethyl adjacent to an activating group) is 1. The van der Waals surface area contributed by atoms with Crippen LogP contribution in [-0.4, -0.2) is 112 Å². The fourth-order valence-corrected chi connectivity index (χ4v) is 7.71. The molecule has 1 aromatic carbocycles. The summed E-state index contributed by atoms with van der Waals surface area (Å²) in [6, 6.07) is 5.38. The lowest BCUT2D eigenvalue weighted by Crippen LogP contribution is -2.57. The highest BCUT2D eigenvalue weighted by Gasteiger charge is 2.39. The first kappa shape index (κ1) is 29.4. The number of amides is 2. The third kappa shape index (κ3) is 5.94. The van der Waals surface area contributed by atoms with Crippen LogP contribution in [0.15, 0.2) is 34.4 Å². The van der Waals surface area contributed by atoms with Crippen molar-refractivity contribution in [1.29, 1.82) is 0 Å². The number of carbonyl (C=O) groups is 3. The van der Waals surface area contributed by atoms with Crippen LogP contribution < -0.4 is 11.1 Å². The summed E-state index contributed by atoms with van der Waals surface area (Å²) in [4.78, 5) is 49.2. The van der Waals surface area contributed by atoms with E-state index in [1.165, 1.54) is 26.6 Å². The van der Waals surface area contributed by atoms with E-state index in [0.717, 1.165) is 17.1 Å². The van der Waals surface area contributed by atoms with Gasteiger partial charge in [-0.3, -0.25) is 14.4 Å². The second kappa shape index (κ2) is 11.7. The zero-order valence-corrected chi connectivity index (χ0v) is 24.2. The molecule has 1 saturated heterocycles. The number of benzene rings is 1. The van der Waals surface area contributed by atoms with Gasteiger partial charge in [0.15, 0.2) is 10.8 Å². The van der Waals surface area contributed by atoms with Gasteiger partial charge in [0.25, 0.3) is 15.9 Å². The number of hydrogen-bond acceptors (Lipinski definition) is 10. The molecule has 0 saturated carbocycles. The van der Waals surface area contributed by atoms with Crippen LogP contribution in [0.4, 0.5) is 0 Å². The molecule has 2 amide bonds. The first-order valence-corrected chi connectivity index (χ1v) is 15.3. The topological polar surface area (TPSA) is 215 Å². The molecule has 1 fully saturated rings. The quantitative estimate of drug-likeness (QED) is 0.0971. The number of carbonyl (C=O) groups excluding carboxylic acids is 2. The summed E-state index contributed by atoms with van der Waals surface area (Å²) in [7, 11) is -2.11. The van der Waals surface area contributed by atoms with Gasteiger partial charge in [-0.25, -0.2) is 13.4 Å². The lowest BCUT2D eigenvalue weighted by atomic mass is 10.1. The van der Waals surface area contributed by atoms with Crippen molar-refractivity contribution >= 4 is 55.9 Å². The Bertz CT molecular complexity index is 1680. The van der Waals surface area contributed by atoms with E-state index in [1.54, 1.807) is 18.2 Å². The zero-order valence-electron chi connectivity index (χ0n) is 22.6. The third-order valence-electron chi connectivity index (χ3n) is 7.29. The average Bonchev–Trinajstić information content (AvgIpc) is 3.59. The fourth-order valence-electron chi connectivity index (χ4n) is 5.08. The number of fused-ring (bicyclic) bond motifs is 2. The maximum atomic E-state index is 13.7. The van der Waals surface area contributed by atoms with Crippen LogP contribution in [-0.2, 0) is 32.6 Å². The number of nitrogens with one attached hydrogen (secondary N) is 2. The van der Waals surface area contributed by atoms with E-state index < -0.39 is 40.4 Å². The molecule has 0 radical (unpaired) electrons. The van der Waals surface area contributed by atoms with Gasteiger partial charge < -0.3 is 36.1 Å². The van der Waals surface area contributed by atoms with Crippen molar-refractivity contribution < 1.29 is 33.1 Å². The van der Waals surface area contributed by atoms with Crippen LogP contribution in [0.1, 0.15) is 32.4 Å². The molecular weight excluding hydrogens is 588 g/mol. The van der Waals surface area contributed by atoms with Gasteiger partial charge in [-0.05, 0) is 19.2 Å². The number of aromatic amines is 1. The van der Waals surface area contributed by atoms with Crippen LogP contribution in [0, 0.1) is 0 Å². The number of rotatable bonds is 8. The number of carboxylic acid groups (broad SMARTS) is 1. The first-order chi connectivity index (χ1) is 20.0. The number of aliphatic carboxylic acids is 1. The van der Waals surface area contributed by atoms with Gasteiger partial charge in [-0.15, -0.1) is 11.3 Å². The lowest BCUT2D eigenvalue weighted by molar-refractivity contribution is -0.138. The van der Waals surface area contributed by atoms with Crippen molar-refractivity contribution in [2.45, 2.75) is 30.5 Å². The minimum Gasteiger partial charge on any atom is -0.480 e. The smallest absolute Gasteiger partial charge is 0.322 e. The van der Waals surface area contributed by atoms with Crippen LogP contribution in [0.2, 0.25) is 0 Å². The molecule has 2 aliphatic heterocycles. The molecule has 1 atom stereocenters. The number of hydrogen-bond donors (Lipinski definition) is 5. The Morgan fingerprint density at radius 3 is 2.76 bits per heavy atom. The third-order valence-corrected chi connectivity index (χ3v) is 10.1. The molecule has 1 unspecified atom stereocenters. The number of nitrogens with zero attached hydrogens (tertiary/aromatic N) is 5. The molecule has 2 aliphatic rings. The summed E-state index contributed by atoms with van der Waals surface area (Å²) in [5, 5.41) is 23.9. The van der Waals surface area contributed by atoms with Crippen LogP contribution in [0.25, 0.3) is 10.9 Å². The highest BCUT2D eigenvalue weighted by molar-refractivity contribution is 7.89. The number of aromatic nitrogens is 2. The minimum atomic E-state index is -4.09. The van der Waals surface area contributed by atoms with E-state index >= 15 is 0 Å². The van der Waals surface area contributed by atoms with Crippen molar-refractivity contribution in [3.63, 3.8) is 0 Å². The molecule has 0 aliphatic carbocycles. The van der Waals surface area contributed by atoms with Crippen molar-refractivity contribution in [2.75, 3.05) is 39.8 Å². The summed E-state index contributed by atoms with van der Waals surface area (Å²) in [6.45, 7) is 0.695.